The number of imidazole rings is 1. The zero-order chi connectivity index (χ0) is 18.1. The molecule has 8 nitrogen and oxygen atoms in total. The number of benzene rings is 2. The highest BCUT2D eigenvalue weighted by Crippen LogP contribution is 2.19. The summed E-state index contributed by atoms with van der Waals surface area (Å²) < 4.78 is 0. The van der Waals surface area contributed by atoms with Gasteiger partial charge in [-0.25, -0.2) is 4.98 Å². The van der Waals surface area contributed by atoms with Crippen molar-refractivity contribution in [2.24, 2.45) is 0 Å². The van der Waals surface area contributed by atoms with Crippen molar-refractivity contribution in [3.05, 3.63) is 53.9 Å². The maximum absolute atomic E-state index is 12.1. The van der Waals surface area contributed by atoms with Crippen LogP contribution in [-0.4, -0.2) is 36.1 Å². The molecule has 0 atom stereocenters. The number of anilines is 1. The van der Waals surface area contributed by atoms with Crippen molar-refractivity contribution in [2.45, 2.75) is 20.4 Å². The van der Waals surface area contributed by atoms with E-state index in [0.29, 0.717) is 5.82 Å². The zero-order valence-corrected chi connectivity index (χ0v) is 14.4. The third-order valence-corrected chi connectivity index (χ3v) is 3.93. The molecule has 0 unspecified atom stereocenters. The smallest absolute Gasteiger partial charge is 0.248 e. The van der Waals surface area contributed by atoms with E-state index in [2.05, 4.69) is 30.7 Å². The molecule has 4 aromatic rings. The molecular formula is C18H17N7O. The lowest BCUT2D eigenvalue weighted by molar-refractivity contribution is -0.117. The average Bonchev–Trinajstić information content (AvgIpc) is 3.21. The molecule has 130 valence electrons. The van der Waals surface area contributed by atoms with Gasteiger partial charge in [0, 0.05) is 11.3 Å². The highest BCUT2D eigenvalue weighted by atomic mass is 16.2. The number of fused-ring (bicyclic) bond motifs is 1. The van der Waals surface area contributed by atoms with Crippen molar-refractivity contribution >= 4 is 22.6 Å². The van der Waals surface area contributed by atoms with Crippen LogP contribution in [0, 0.1) is 13.8 Å². The van der Waals surface area contributed by atoms with Gasteiger partial charge in [0.05, 0.1) is 11.0 Å². The van der Waals surface area contributed by atoms with Crippen LogP contribution in [0.4, 0.5) is 5.69 Å². The first kappa shape index (κ1) is 15.9. The van der Waals surface area contributed by atoms with Crippen molar-refractivity contribution in [2.75, 3.05) is 5.32 Å². The number of tetrazole rings is 1. The van der Waals surface area contributed by atoms with E-state index in [4.69, 9.17) is 0 Å². The van der Waals surface area contributed by atoms with E-state index >= 15 is 0 Å². The standard InChI is InChI=1S/C18H17N7O/c1-11-3-6-14(7-4-11)21-17(26)10-25-23-18(22-24-25)13-5-8-15-16(9-13)20-12(2)19-15/h3-9H,10H2,1-2H3,(H,19,20)(H,21,26). The van der Waals surface area contributed by atoms with Gasteiger partial charge in [0.15, 0.2) is 0 Å². The highest BCUT2D eigenvalue weighted by Gasteiger charge is 2.11. The minimum atomic E-state index is -0.211. The molecule has 0 fully saturated rings. The molecule has 0 radical (unpaired) electrons. The SMILES string of the molecule is Cc1ccc(NC(=O)Cn2nnc(-c3ccc4nc(C)[nH]c4c3)n2)cc1. The zero-order valence-electron chi connectivity index (χ0n) is 14.4. The monoisotopic (exact) mass is 347 g/mol. The van der Waals surface area contributed by atoms with E-state index in [1.165, 1.54) is 4.80 Å². The van der Waals surface area contributed by atoms with Gasteiger partial charge < -0.3 is 10.3 Å². The molecule has 2 N–H and O–H groups in total. The second kappa shape index (κ2) is 6.40. The topological polar surface area (TPSA) is 101 Å². The number of aromatic amines is 1. The maximum atomic E-state index is 12.1. The first-order valence-electron chi connectivity index (χ1n) is 8.18. The molecule has 2 aromatic carbocycles. The van der Waals surface area contributed by atoms with Crippen LogP contribution in [0.2, 0.25) is 0 Å². The van der Waals surface area contributed by atoms with Crippen LogP contribution in [0.25, 0.3) is 22.4 Å². The predicted molar refractivity (Wildman–Crippen MR) is 97.5 cm³/mol. The number of aromatic nitrogens is 6. The fourth-order valence-corrected chi connectivity index (χ4v) is 2.67. The Balaban J connectivity index is 1.48. The molecule has 0 aliphatic heterocycles. The summed E-state index contributed by atoms with van der Waals surface area (Å²) in [5, 5.41) is 15.1. The van der Waals surface area contributed by atoms with Crippen LogP contribution in [0.5, 0.6) is 0 Å². The van der Waals surface area contributed by atoms with Crippen LogP contribution in [-0.2, 0) is 11.3 Å². The largest absolute Gasteiger partial charge is 0.342 e. The van der Waals surface area contributed by atoms with Gasteiger partial charge in [-0.2, -0.15) is 4.80 Å². The third-order valence-electron chi connectivity index (χ3n) is 3.93. The van der Waals surface area contributed by atoms with Gasteiger partial charge in [-0.3, -0.25) is 4.79 Å². The minimum absolute atomic E-state index is 0.00765. The number of nitrogens with one attached hydrogen (secondary N) is 2. The summed E-state index contributed by atoms with van der Waals surface area (Å²) in [7, 11) is 0. The van der Waals surface area contributed by atoms with Crippen LogP contribution < -0.4 is 5.32 Å². The van der Waals surface area contributed by atoms with Gasteiger partial charge in [0.1, 0.15) is 12.4 Å². The molecule has 0 spiro atoms. The molecule has 0 aliphatic rings. The van der Waals surface area contributed by atoms with E-state index in [1.807, 2.05) is 56.3 Å². The summed E-state index contributed by atoms with van der Waals surface area (Å²) in [6.45, 7) is 3.89. The Morgan fingerprint density at radius 1 is 1.15 bits per heavy atom. The molecule has 8 heteroatoms. The molecule has 0 saturated carbocycles. The lowest BCUT2D eigenvalue weighted by Gasteiger charge is -2.04. The fourth-order valence-electron chi connectivity index (χ4n) is 2.67. The first-order chi connectivity index (χ1) is 12.6. The van der Waals surface area contributed by atoms with Crippen LogP contribution >= 0.6 is 0 Å². The number of H-pyrrole nitrogens is 1. The van der Waals surface area contributed by atoms with Gasteiger partial charge >= 0.3 is 0 Å². The molecule has 2 aromatic heterocycles. The first-order valence-corrected chi connectivity index (χ1v) is 8.18. The van der Waals surface area contributed by atoms with Crippen molar-refractivity contribution in [1.29, 1.82) is 0 Å². The summed E-state index contributed by atoms with van der Waals surface area (Å²) >= 11 is 0. The van der Waals surface area contributed by atoms with Crippen molar-refractivity contribution in [3.8, 4) is 11.4 Å². The summed E-state index contributed by atoms with van der Waals surface area (Å²) in [6, 6.07) is 13.3. The van der Waals surface area contributed by atoms with Crippen LogP contribution in [0.3, 0.4) is 0 Å². The van der Waals surface area contributed by atoms with Crippen molar-refractivity contribution in [1.82, 2.24) is 30.2 Å². The number of carbonyl (C=O) groups excluding carboxylic acids is 1. The third kappa shape index (κ3) is 3.30. The number of amides is 1. The lowest BCUT2D eigenvalue weighted by atomic mass is 10.2. The summed E-state index contributed by atoms with van der Waals surface area (Å²) in [5.41, 5.74) is 4.48. The summed E-state index contributed by atoms with van der Waals surface area (Å²) in [5.74, 6) is 1.10. The average molecular weight is 347 g/mol. The Morgan fingerprint density at radius 3 is 2.77 bits per heavy atom. The van der Waals surface area contributed by atoms with E-state index in [9.17, 15) is 4.79 Å². The Morgan fingerprint density at radius 2 is 1.96 bits per heavy atom. The normalized spacial score (nSPS) is 11.0. The highest BCUT2D eigenvalue weighted by molar-refractivity contribution is 5.90. The molecule has 0 bridgehead atoms. The Kier molecular flexibility index (Phi) is 3.92. The van der Waals surface area contributed by atoms with Crippen molar-refractivity contribution in [3.63, 3.8) is 0 Å². The van der Waals surface area contributed by atoms with E-state index in [0.717, 1.165) is 33.7 Å². The molecule has 2 heterocycles. The predicted octanol–water partition coefficient (Wildman–Crippen LogP) is 2.47. The van der Waals surface area contributed by atoms with E-state index in [1.54, 1.807) is 0 Å². The molecule has 26 heavy (non-hydrogen) atoms. The van der Waals surface area contributed by atoms with Gasteiger partial charge in [0.25, 0.3) is 0 Å². The van der Waals surface area contributed by atoms with Crippen LogP contribution in [0.1, 0.15) is 11.4 Å². The van der Waals surface area contributed by atoms with Gasteiger partial charge in [-0.15, -0.1) is 10.2 Å². The summed E-state index contributed by atoms with van der Waals surface area (Å²) in [4.78, 5) is 21.0. The fraction of sp³-hybridized carbons (Fsp3) is 0.167. The van der Waals surface area contributed by atoms with Crippen molar-refractivity contribution < 1.29 is 4.79 Å². The lowest BCUT2D eigenvalue weighted by Crippen LogP contribution is -2.20. The number of hydrogen-bond donors (Lipinski definition) is 2. The number of aryl methyl sites for hydroxylation is 2. The second-order valence-corrected chi connectivity index (χ2v) is 6.11. The van der Waals surface area contributed by atoms with Gasteiger partial charge in [-0.05, 0) is 49.4 Å². The molecule has 0 saturated heterocycles. The van der Waals surface area contributed by atoms with Gasteiger partial charge in [-0.1, -0.05) is 17.7 Å². The van der Waals surface area contributed by atoms with E-state index < -0.39 is 0 Å². The van der Waals surface area contributed by atoms with E-state index in [-0.39, 0.29) is 12.5 Å². The quantitative estimate of drug-likeness (QED) is 0.590. The number of carbonyl (C=O) groups is 1. The molecular weight excluding hydrogens is 330 g/mol. The molecule has 4 rings (SSSR count). The maximum Gasteiger partial charge on any atom is 0.248 e. The number of rotatable bonds is 4. The van der Waals surface area contributed by atoms with Gasteiger partial charge in [0.2, 0.25) is 11.7 Å². The Hall–Kier alpha value is -3.55. The molecule has 1 amide bonds. The molecule has 0 aliphatic carbocycles. The number of hydrogen-bond acceptors (Lipinski definition) is 5. The second-order valence-electron chi connectivity index (χ2n) is 6.11. The minimum Gasteiger partial charge on any atom is -0.342 e. The Labute approximate surface area is 149 Å². The summed E-state index contributed by atoms with van der Waals surface area (Å²) in [6.07, 6.45) is 0. The Bertz CT molecular complexity index is 1080. The van der Waals surface area contributed by atoms with Crippen LogP contribution in [0.15, 0.2) is 42.5 Å². The number of nitrogens with zero attached hydrogens (tertiary/aromatic N) is 5.